The van der Waals surface area contributed by atoms with Crippen LogP contribution >= 0.6 is 0 Å². The normalized spacial score (nSPS) is 12.3. The number of hydrogen-bond donors (Lipinski definition) is 1. The average Bonchev–Trinajstić information content (AvgIpc) is 1.86. The number of ether oxygens (including phenoxy) is 1. The Morgan fingerprint density at radius 2 is 2.20 bits per heavy atom. The first-order valence-electron chi connectivity index (χ1n) is 3.74. The lowest BCUT2D eigenvalue weighted by molar-refractivity contribution is 0.223. The summed E-state index contributed by atoms with van der Waals surface area (Å²) in [5, 5.41) is 0. The fourth-order valence-electron chi connectivity index (χ4n) is 0.732. The largest absolute Gasteiger partial charge is 0.497 e. The van der Waals surface area contributed by atoms with Crippen LogP contribution in [0.15, 0.2) is 11.8 Å². The molecule has 0 aromatic carbocycles. The predicted molar refractivity (Wildman–Crippen MR) is 43.6 cm³/mol. The molecule has 0 aliphatic heterocycles. The van der Waals surface area contributed by atoms with Crippen LogP contribution in [0.4, 0.5) is 0 Å². The minimum Gasteiger partial charge on any atom is -0.497 e. The van der Waals surface area contributed by atoms with Gasteiger partial charge in [-0.25, -0.2) is 0 Å². The minimum atomic E-state index is 0.506. The molecule has 2 nitrogen and oxygen atoms in total. The van der Waals surface area contributed by atoms with Gasteiger partial charge >= 0.3 is 0 Å². The molecule has 0 atom stereocenters. The second kappa shape index (κ2) is 5.30. The van der Waals surface area contributed by atoms with Crippen molar-refractivity contribution in [3.63, 3.8) is 0 Å². The number of allylic oxidation sites excluding steroid dienone is 1. The Balaban J connectivity index is 3.78. The third kappa shape index (κ3) is 4.39. The molecular weight excluding hydrogens is 126 g/mol. The van der Waals surface area contributed by atoms with E-state index < -0.39 is 0 Å². The molecule has 0 aromatic heterocycles. The molecule has 0 spiro atoms. The van der Waals surface area contributed by atoms with E-state index in [4.69, 9.17) is 10.5 Å². The molecule has 60 valence electrons. The standard InChI is InChI=1S/C8H17NO/c1-4-10-8(6-9)5-7(2)3/h5,7H,4,6,9H2,1-3H3/b8-5-. The van der Waals surface area contributed by atoms with Gasteiger partial charge in [0, 0.05) is 0 Å². The van der Waals surface area contributed by atoms with Gasteiger partial charge in [-0.2, -0.15) is 0 Å². The summed E-state index contributed by atoms with van der Waals surface area (Å²) in [4.78, 5) is 0. The van der Waals surface area contributed by atoms with Gasteiger partial charge in [0.15, 0.2) is 0 Å². The monoisotopic (exact) mass is 143 g/mol. The van der Waals surface area contributed by atoms with Crippen molar-refractivity contribution >= 4 is 0 Å². The molecule has 0 amide bonds. The van der Waals surface area contributed by atoms with Crippen LogP contribution in [0.3, 0.4) is 0 Å². The molecule has 0 saturated heterocycles. The highest BCUT2D eigenvalue weighted by Gasteiger charge is 1.94. The molecule has 0 unspecified atom stereocenters. The molecule has 0 fully saturated rings. The van der Waals surface area contributed by atoms with Gasteiger partial charge in [0.25, 0.3) is 0 Å². The summed E-state index contributed by atoms with van der Waals surface area (Å²) in [6.45, 7) is 7.38. The van der Waals surface area contributed by atoms with Crippen molar-refractivity contribution in [1.82, 2.24) is 0 Å². The molecule has 10 heavy (non-hydrogen) atoms. The van der Waals surface area contributed by atoms with E-state index >= 15 is 0 Å². The predicted octanol–water partition coefficient (Wildman–Crippen LogP) is 1.52. The molecule has 0 bridgehead atoms. The topological polar surface area (TPSA) is 35.2 Å². The molecule has 0 aromatic rings. The van der Waals surface area contributed by atoms with Crippen LogP contribution in [0.5, 0.6) is 0 Å². The molecule has 0 rings (SSSR count). The maximum Gasteiger partial charge on any atom is 0.106 e. The molecule has 0 aliphatic carbocycles. The van der Waals surface area contributed by atoms with E-state index in [1.807, 2.05) is 13.0 Å². The Labute approximate surface area is 63.1 Å². The van der Waals surface area contributed by atoms with Gasteiger partial charge < -0.3 is 10.5 Å². The highest BCUT2D eigenvalue weighted by atomic mass is 16.5. The molecule has 2 heteroatoms. The van der Waals surface area contributed by atoms with Gasteiger partial charge in [0.05, 0.1) is 13.2 Å². The quantitative estimate of drug-likeness (QED) is 0.605. The number of nitrogens with two attached hydrogens (primary N) is 1. The number of hydrogen-bond acceptors (Lipinski definition) is 2. The van der Waals surface area contributed by atoms with Crippen LogP contribution in [0.1, 0.15) is 20.8 Å². The van der Waals surface area contributed by atoms with Crippen LogP contribution in [0.2, 0.25) is 0 Å². The summed E-state index contributed by atoms with van der Waals surface area (Å²) in [7, 11) is 0. The summed E-state index contributed by atoms with van der Waals surface area (Å²) in [5.74, 6) is 1.42. The highest BCUT2D eigenvalue weighted by Crippen LogP contribution is 2.01. The van der Waals surface area contributed by atoms with Gasteiger partial charge in [-0.05, 0) is 18.9 Å². The zero-order valence-corrected chi connectivity index (χ0v) is 7.05. The lowest BCUT2D eigenvalue weighted by Gasteiger charge is -2.06. The average molecular weight is 143 g/mol. The van der Waals surface area contributed by atoms with E-state index in [1.54, 1.807) is 0 Å². The molecule has 0 aliphatic rings. The van der Waals surface area contributed by atoms with E-state index in [1.165, 1.54) is 0 Å². The second-order valence-corrected chi connectivity index (χ2v) is 2.51. The third-order valence-electron chi connectivity index (χ3n) is 1.05. The Morgan fingerprint density at radius 3 is 2.50 bits per heavy atom. The van der Waals surface area contributed by atoms with E-state index in [0.717, 1.165) is 5.76 Å². The second-order valence-electron chi connectivity index (χ2n) is 2.51. The van der Waals surface area contributed by atoms with E-state index in [9.17, 15) is 0 Å². The molecular formula is C8H17NO. The Hall–Kier alpha value is -0.500. The van der Waals surface area contributed by atoms with Crippen molar-refractivity contribution in [2.75, 3.05) is 13.2 Å². The van der Waals surface area contributed by atoms with Gasteiger partial charge in [-0.3, -0.25) is 0 Å². The first kappa shape index (κ1) is 9.50. The third-order valence-corrected chi connectivity index (χ3v) is 1.05. The van der Waals surface area contributed by atoms with Crippen LogP contribution in [-0.2, 0) is 4.74 Å². The van der Waals surface area contributed by atoms with Crippen LogP contribution in [-0.4, -0.2) is 13.2 Å². The fraction of sp³-hybridized carbons (Fsp3) is 0.750. The SMILES string of the molecule is CCO/C(=C\C(C)C)CN. The van der Waals surface area contributed by atoms with Crippen molar-refractivity contribution in [2.24, 2.45) is 11.7 Å². The molecule has 2 N–H and O–H groups in total. The smallest absolute Gasteiger partial charge is 0.106 e. The molecule has 0 heterocycles. The first-order valence-corrected chi connectivity index (χ1v) is 3.74. The van der Waals surface area contributed by atoms with E-state index in [2.05, 4.69) is 13.8 Å². The van der Waals surface area contributed by atoms with Crippen molar-refractivity contribution in [3.05, 3.63) is 11.8 Å². The van der Waals surface area contributed by atoms with Crippen LogP contribution in [0.25, 0.3) is 0 Å². The fourth-order valence-corrected chi connectivity index (χ4v) is 0.732. The zero-order chi connectivity index (χ0) is 7.98. The van der Waals surface area contributed by atoms with Crippen molar-refractivity contribution < 1.29 is 4.74 Å². The Kier molecular flexibility index (Phi) is 5.03. The van der Waals surface area contributed by atoms with Crippen LogP contribution < -0.4 is 5.73 Å². The lowest BCUT2D eigenvalue weighted by Crippen LogP contribution is -2.07. The first-order chi connectivity index (χ1) is 4.70. The minimum absolute atomic E-state index is 0.506. The van der Waals surface area contributed by atoms with Crippen molar-refractivity contribution in [1.29, 1.82) is 0 Å². The summed E-state index contributed by atoms with van der Waals surface area (Å²) in [5.41, 5.74) is 5.41. The van der Waals surface area contributed by atoms with Crippen molar-refractivity contribution in [2.45, 2.75) is 20.8 Å². The summed E-state index contributed by atoms with van der Waals surface area (Å²) >= 11 is 0. The molecule has 0 radical (unpaired) electrons. The maximum absolute atomic E-state index is 5.41. The van der Waals surface area contributed by atoms with Gasteiger partial charge in [-0.1, -0.05) is 13.8 Å². The van der Waals surface area contributed by atoms with Crippen LogP contribution in [0, 0.1) is 5.92 Å². The van der Waals surface area contributed by atoms with Gasteiger partial charge in [-0.15, -0.1) is 0 Å². The van der Waals surface area contributed by atoms with Gasteiger partial charge in [0.2, 0.25) is 0 Å². The van der Waals surface area contributed by atoms with E-state index in [-0.39, 0.29) is 0 Å². The molecule has 0 saturated carbocycles. The highest BCUT2D eigenvalue weighted by molar-refractivity contribution is 4.95. The Morgan fingerprint density at radius 1 is 1.60 bits per heavy atom. The van der Waals surface area contributed by atoms with E-state index in [0.29, 0.717) is 19.1 Å². The lowest BCUT2D eigenvalue weighted by atomic mass is 10.2. The summed E-state index contributed by atoms with van der Waals surface area (Å²) in [6, 6.07) is 0. The summed E-state index contributed by atoms with van der Waals surface area (Å²) in [6.07, 6.45) is 2.05. The summed E-state index contributed by atoms with van der Waals surface area (Å²) < 4.78 is 5.24. The zero-order valence-electron chi connectivity index (χ0n) is 7.05. The number of rotatable bonds is 4. The van der Waals surface area contributed by atoms with Gasteiger partial charge in [0.1, 0.15) is 5.76 Å². The Bertz CT molecular complexity index is 108. The maximum atomic E-state index is 5.41. The van der Waals surface area contributed by atoms with Crippen molar-refractivity contribution in [3.8, 4) is 0 Å².